The molecule has 2 nitrogen and oxygen atoms in total. The van der Waals surface area contributed by atoms with E-state index in [0.29, 0.717) is 18.1 Å². The molecule has 0 amide bonds. The maximum absolute atomic E-state index is 12.0. The summed E-state index contributed by atoms with van der Waals surface area (Å²) in [5.41, 5.74) is 2.50. The minimum Gasteiger partial charge on any atom is -0.317 e. The van der Waals surface area contributed by atoms with Gasteiger partial charge < -0.3 is 5.32 Å². The van der Waals surface area contributed by atoms with Gasteiger partial charge in [-0.25, -0.2) is 0 Å². The first kappa shape index (κ1) is 13.3. The van der Waals surface area contributed by atoms with Crippen LogP contribution < -0.4 is 5.32 Å². The van der Waals surface area contributed by atoms with Gasteiger partial charge in [-0.2, -0.15) is 0 Å². The van der Waals surface area contributed by atoms with Crippen molar-refractivity contribution in [3.8, 4) is 0 Å². The van der Waals surface area contributed by atoms with Crippen LogP contribution in [-0.4, -0.2) is 18.9 Å². The van der Waals surface area contributed by atoms with Gasteiger partial charge in [0.25, 0.3) is 0 Å². The van der Waals surface area contributed by atoms with E-state index in [4.69, 9.17) is 0 Å². The van der Waals surface area contributed by atoms with Crippen molar-refractivity contribution in [1.82, 2.24) is 5.32 Å². The molecule has 1 aliphatic rings. The van der Waals surface area contributed by atoms with Crippen LogP contribution in [0.15, 0.2) is 24.3 Å². The Labute approximate surface area is 110 Å². The highest BCUT2D eigenvalue weighted by Crippen LogP contribution is 2.17. The molecule has 0 radical (unpaired) electrons. The number of aryl methyl sites for hydroxylation is 1. The molecule has 98 valence electrons. The number of piperidine rings is 1. The number of hydrogen-bond donors (Lipinski definition) is 1. The zero-order chi connectivity index (χ0) is 12.8. The average molecular weight is 245 g/mol. The summed E-state index contributed by atoms with van der Waals surface area (Å²) >= 11 is 0. The fraction of sp³-hybridized carbons (Fsp3) is 0.562. The quantitative estimate of drug-likeness (QED) is 0.864. The summed E-state index contributed by atoms with van der Waals surface area (Å²) < 4.78 is 0. The highest BCUT2D eigenvalue weighted by molar-refractivity contribution is 5.81. The van der Waals surface area contributed by atoms with Gasteiger partial charge in [-0.15, -0.1) is 0 Å². The van der Waals surface area contributed by atoms with Gasteiger partial charge in [0.15, 0.2) is 0 Å². The Kier molecular flexibility index (Phi) is 4.94. The van der Waals surface area contributed by atoms with E-state index in [1.54, 1.807) is 0 Å². The largest absolute Gasteiger partial charge is 0.317 e. The second kappa shape index (κ2) is 6.69. The van der Waals surface area contributed by atoms with Crippen LogP contribution in [0.1, 0.15) is 37.3 Å². The molecule has 0 atom stereocenters. The number of rotatable bonds is 5. The summed E-state index contributed by atoms with van der Waals surface area (Å²) in [6.07, 6.45) is 4.73. The minimum absolute atomic E-state index is 0.395. The van der Waals surface area contributed by atoms with Crippen molar-refractivity contribution in [1.29, 1.82) is 0 Å². The Morgan fingerprint density at radius 1 is 1.17 bits per heavy atom. The van der Waals surface area contributed by atoms with Crippen molar-refractivity contribution in [3.05, 3.63) is 35.4 Å². The molecular formula is C16H23NO. The number of hydrogen-bond acceptors (Lipinski definition) is 2. The van der Waals surface area contributed by atoms with Gasteiger partial charge in [0.05, 0.1) is 0 Å². The Hall–Kier alpha value is -1.15. The molecule has 2 heteroatoms. The van der Waals surface area contributed by atoms with Crippen LogP contribution in [0.5, 0.6) is 0 Å². The van der Waals surface area contributed by atoms with E-state index in [9.17, 15) is 4.79 Å². The number of carbonyl (C=O) groups is 1. The molecule has 1 heterocycles. The van der Waals surface area contributed by atoms with Crippen LogP contribution in [0.2, 0.25) is 0 Å². The molecule has 0 unspecified atom stereocenters. The van der Waals surface area contributed by atoms with Gasteiger partial charge in [-0.05, 0) is 49.4 Å². The predicted octanol–water partition coefficient (Wildman–Crippen LogP) is 2.75. The van der Waals surface area contributed by atoms with Crippen molar-refractivity contribution < 1.29 is 4.79 Å². The number of nitrogens with one attached hydrogen (secondary N) is 1. The molecular weight excluding hydrogens is 222 g/mol. The molecule has 1 saturated heterocycles. The van der Waals surface area contributed by atoms with Gasteiger partial charge in [0.2, 0.25) is 0 Å². The lowest BCUT2D eigenvalue weighted by Gasteiger charge is -2.21. The van der Waals surface area contributed by atoms with Crippen molar-refractivity contribution in [3.63, 3.8) is 0 Å². The van der Waals surface area contributed by atoms with E-state index in [-0.39, 0.29) is 0 Å². The minimum atomic E-state index is 0.395. The highest BCUT2D eigenvalue weighted by Gasteiger charge is 2.16. The molecule has 2 rings (SSSR count). The maximum Gasteiger partial charge on any atom is 0.137 e. The van der Waals surface area contributed by atoms with Crippen LogP contribution in [-0.2, 0) is 17.6 Å². The van der Waals surface area contributed by atoms with Crippen LogP contribution in [0.4, 0.5) is 0 Å². The van der Waals surface area contributed by atoms with Gasteiger partial charge in [-0.3, -0.25) is 4.79 Å². The third-order valence-corrected chi connectivity index (χ3v) is 3.81. The van der Waals surface area contributed by atoms with Crippen molar-refractivity contribution >= 4 is 5.78 Å². The van der Waals surface area contributed by atoms with Crippen molar-refractivity contribution in [2.24, 2.45) is 5.92 Å². The number of Topliss-reactive ketones (excluding diaryl/α,β-unsaturated/α-hetero) is 1. The van der Waals surface area contributed by atoms with E-state index in [1.807, 2.05) is 0 Å². The Morgan fingerprint density at radius 3 is 2.39 bits per heavy atom. The summed E-state index contributed by atoms with van der Waals surface area (Å²) in [4.78, 5) is 12.0. The van der Waals surface area contributed by atoms with Crippen LogP contribution >= 0.6 is 0 Å². The molecule has 0 aliphatic carbocycles. The van der Waals surface area contributed by atoms with Gasteiger partial charge >= 0.3 is 0 Å². The monoisotopic (exact) mass is 245 g/mol. The standard InChI is InChI=1S/C16H23NO/c1-2-13-3-5-14(6-4-13)11-16(18)12-15-7-9-17-10-8-15/h3-6,15,17H,2,7-12H2,1H3. The molecule has 1 aromatic rings. The van der Waals surface area contributed by atoms with Gasteiger partial charge in [0, 0.05) is 12.8 Å². The average Bonchev–Trinajstić information content (AvgIpc) is 2.40. The third-order valence-electron chi connectivity index (χ3n) is 3.81. The molecule has 0 aromatic heterocycles. The predicted molar refractivity (Wildman–Crippen MR) is 74.7 cm³/mol. The number of carbonyl (C=O) groups excluding carboxylic acids is 1. The van der Waals surface area contributed by atoms with E-state index < -0.39 is 0 Å². The fourth-order valence-corrected chi connectivity index (χ4v) is 2.60. The maximum atomic E-state index is 12.0. The topological polar surface area (TPSA) is 29.1 Å². The number of ketones is 1. The van der Waals surface area contributed by atoms with E-state index in [1.165, 1.54) is 5.56 Å². The second-order valence-electron chi connectivity index (χ2n) is 5.28. The summed E-state index contributed by atoms with van der Waals surface area (Å²) in [5.74, 6) is 1.000. The fourth-order valence-electron chi connectivity index (χ4n) is 2.60. The van der Waals surface area contributed by atoms with Crippen molar-refractivity contribution in [2.45, 2.75) is 39.0 Å². The summed E-state index contributed by atoms with van der Waals surface area (Å²) in [7, 11) is 0. The summed E-state index contributed by atoms with van der Waals surface area (Å²) in [6, 6.07) is 8.46. The molecule has 1 aliphatic heterocycles. The second-order valence-corrected chi connectivity index (χ2v) is 5.28. The Morgan fingerprint density at radius 2 is 1.78 bits per heavy atom. The van der Waals surface area contributed by atoms with Crippen LogP contribution in [0.3, 0.4) is 0 Å². The molecule has 0 saturated carbocycles. The first-order valence-corrected chi connectivity index (χ1v) is 7.08. The lowest BCUT2D eigenvalue weighted by Crippen LogP contribution is -2.29. The zero-order valence-electron chi connectivity index (χ0n) is 11.2. The Bertz CT molecular complexity index is 377. The third kappa shape index (κ3) is 3.95. The zero-order valence-corrected chi connectivity index (χ0v) is 11.2. The normalized spacial score (nSPS) is 16.7. The smallest absolute Gasteiger partial charge is 0.137 e. The van der Waals surface area contributed by atoms with E-state index >= 15 is 0 Å². The summed E-state index contributed by atoms with van der Waals surface area (Å²) in [5, 5.41) is 3.34. The Balaban J connectivity index is 1.82. The van der Waals surface area contributed by atoms with Gasteiger partial charge in [0.1, 0.15) is 5.78 Å². The lowest BCUT2D eigenvalue weighted by molar-refractivity contribution is -0.119. The molecule has 0 spiro atoms. The molecule has 1 aromatic carbocycles. The highest BCUT2D eigenvalue weighted by atomic mass is 16.1. The molecule has 1 fully saturated rings. The lowest BCUT2D eigenvalue weighted by atomic mass is 9.91. The van der Waals surface area contributed by atoms with Gasteiger partial charge in [-0.1, -0.05) is 31.2 Å². The van der Waals surface area contributed by atoms with Crippen LogP contribution in [0, 0.1) is 5.92 Å². The van der Waals surface area contributed by atoms with Crippen LogP contribution in [0.25, 0.3) is 0 Å². The molecule has 1 N–H and O–H groups in total. The van der Waals surface area contributed by atoms with Crippen molar-refractivity contribution in [2.75, 3.05) is 13.1 Å². The first-order chi connectivity index (χ1) is 8.78. The van der Waals surface area contributed by atoms with E-state index in [2.05, 4.69) is 36.5 Å². The first-order valence-electron chi connectivity index (χ1n) is 7.08. The van der Waals surface area contributed by atoms with E-state index in [0.717, 1.165) is 44.3 Å². The molecule has 18 heavy (non-hydrogen) atoms. The molecule has 0 bridgehead atoms. The summed E-state index contributed by atoms with van der Waals surface area (Å²) in [6.45, 7) is 4.30. The number of benzene rings is 1. The SMILES string of the molecule is CCc1ccc(CC(=O)CC2CCNCC2)cc1.